The lowest BCUT2D eigenvalue weighted by Crippen LogP contribution is -2.59. The van der Waals surface area contributed by atoms with Crippen LogP contribution in [-0.2, 0) is 17.9 Å². The van der Waals surface area contributed by atoms with Crippen molar-refractivity contribution in [3.05, 3.63) is 59.7 Å². The summed E-state index contributed by atoms with van der Waals surface area (Å²) in [6, 6.07) is 15.0. The fraction of sp³-hybridized carbons (Fsp3) is 0.364. The van der Waals surface area contributed by atoms with Crippen LogP contribution in [0.4, 0.5) is 4.79 Å². The van der Waals surface area contributed by atoms with Crippen molar-refractivity contribution in [2.45, 2.75) is 44.3 Å². The molecule has 0 radical (unpaired) electrons. The van der Waals surface area contributed by atoms with Gasteiger partial charge in [-0.1, -0.05) is 49.2 Å². The highest BCUT2D eigenvalue weighted by atomic mass is 16.7. The van der Waals surface area contributed by atoms with Crippen molar-refractivity contribution >= 4 is 11.9 Å². The Balaban J connectivity index is 1.34. The molecule has 0 saturated heterocycles. The largest absolute Gasteiger partial charge is 0.454 e. The third-order valence-corrected chi connectivity index (χ3v) is 5.43. The number of amides is 3. The van der Waals surface area contributed by atoms with Gasteiger partial charge in [0.05, 0.1) is 0 Å². The van der Waals surface area contributed by atoms with E-state index in [4.69, 9.17) is 9.47 Å². The quantitative estimate of drug-likeness (QED) is 0.702. The maximum absolute atomic E-state index is 13.0. The molecule has 0 spiro atoms. The van der Waals surface area contributed by atoms with Gasteiger partial charge < -0.3 is 25.4 Å². The monoisotopic (exact) mass is 395 g/mol. The summed E-state index contributed by atoms with van der Waals surface area (Å²) in [6.45, 7) is 1.00. The van der Waals surface area contributed by atoms with Crippen LogP contribution in [0.3, 0.4) is 0 Å². The summed E-state index contributed by atoms with van der Waals surface area (Å²) in [4.78, 5) is 25.4. The summed E-state index contributed by atoms with van der Waals surface area (Å²) < 4.78 is 10.7. The Morgan fingerprint density at radius 3 is 2.38 bits per heavy atom. The highest BCUT2D eigenvalue weighted by Gasteiger charge is 2.42. The molecule has 1 saturated carbocycles. The average Bonchev–Trinajstić information content (AvgIpc) is 3.41. The van der Waals surface area contributed by atoms with E-state index in [2.05, 4.69) is 16.0 Å². The first-order chi connectivity index (χ1) is 14.1. The molecule has 2 aliphatic rings. The Morgan fingerprint density at radius 2 is 1.59 bits per heavy atom. The molecule has 152 valence electrons. The minimum absolute atomic E-state index is 0.150. The predicted molar refractivity (Wildman–Crippen MR) is 107 cm³/mol. The standard InChI is InChI=1S/C22H25N3O4/c26-20(23-14-17-8-9-18-19(12-17)29-15-28-18)22(10-4-5-11-22)25-21(27)24-13-16-6-2-1-3-7-16/h1-3,6-9,12H,4-5,10-11,13-15H2,(H,23,26)(H2,24,25,27). The molecular weight excluding hydrogens is 370 g/mol. The van der Waals surface area contributed by atoms with Gasteiger partial charge in [0.1, 0.15) is 5.54 Å². The minimum atomic E-state index is -0.864. The predicted octanol–water partition coefficient (Wildman–Crippen LogP) is 2.84. The first kappa shape index (κ1) is 19.1. The van der Waals surface area contributed by atoms with E-state index in [0.29, 0.717) is 37.4 Å². The second kappa shape index (κ2) is 8.43. The van der Waals surface area contributed by atoms with Crippen LogP contribution in [0.15, 0.2) is 48.5 Å². The lowest BCUT2D eigenvalue weighted by atomic mass is 9.96. The Bertz CT molecular complexity index is 879. The molecule has 0 unspecified atom stereocenters. The molecule has 0 bridgehead atoms. The van der Waals surface area contributed by atoms with Gasteiger partial charge in [-0.15, -0.1) is 0 Å². The first-order valence-corrected chi connectivity index (χ1v) is 9.91. The number of nitrogens with one attached hydrogen (secondary N) is 3. The first-order valence-electron chi connectivity index (χ1n) is 9.91. The van der Waals surface area contributed by atoms with Gasteiger partial charge in [0.25, 0.3) is 0 Å². The van der Waals surface area contributed by atoms with Crippen molar-refractivity contribution < 1.29 is 19.1 Å². The second-order valence-electron chi connectivity index (χ2n) is 7.45. The van der Waals surface area contributed by atoms with Crippen molar-refractivity contribution in [2.75, 3.05) is 6.79 Å². The summed E-state index contributed by atoms with van der Waals surface area (Å²) >= 11 is 0. The van der Waals surface area contributed by atoms with E-state index in [1.54, 1.807) is 0 Å². The molecule has 0 atom stereocenters. The van der Waals surface area contributed by atoms with E-state index in [0.717, 1.165) is 24.0 Å². The molecule has 7 nitrogen and oxygen atoms in total. The summed E-state index contributed by atoms with van der Waals surface area (Å²) in [5.41, 5.74) is 1.07. The lowest BCUT2D eigenvalue weighted by molar-refractivity contribution is -0.127. The SMILES string of the molecule is O=C(NCc1ccccc1)NC1(C(=O)NCc2ccc3c(c2)OCO3)CCCC1. The summed E-state index contributed by atoms with van der Waals surface area (Å²) in [5.74, 6) is 1.25. The molecule has 3 N–H and O–H groups in total. The van der Waals surface area contributed by atoms with Crippen molar-refractivity contribution in [3.8, 4) is 11.5 Å². The summed E-state index contributed by atoms with van der Waals surface area (Å²) in [6.07, 6.45) is 3.10. The van der Waals surface area contributed by atoms with Gasteiger partial charge >= 0.3 is 6.03 Å². The van der Waals surface area contributed by atoms with Crippen LogP contribution in [-0.4, -0.2) is 24.3 Å². The molecule has 0 aromatic heterocycles. The zero-order chi connectivity index (χ0) is 20.1. The van der Waals surface area contributed by atoms with Gasteiger partial charge in [0.15, 0.2) is 11.5 Å². The fourth-order valence-corrected chi connectivity index (χ4v) is 3.83. The van der Waals surface area contributed by atoms with Gasteiger partial charge in [0.2, 0.25) is 12.7 Å². The zero-order valence-electron chi connectivity index (χ0n) is 16.2. The second-order valence-corrected chi connectivity index (χ2v) is 7.45. The molecule has 29 heavy (non-hydrogen) atoms. The molecular formula is C22H25N3O4. The maximum Gasteiger partial charge on any atom is 0.315 e. The van der Waals surface area contributed by atoms with Gasteiger partial charge in [-0.05, 0) is 36.1 Å². The van der Waals surface area contributed by atoms with Crippen molar-refractivity contribution in [2.24, 2.45) is 0 Å². The topological polar surface area (TPSA) is 88.7 Å². The Morgan fingerprint density at radius 1 is 0.862 bits per heavy atom. The van der Waals surface area contributed by atoms with E-state index in [1.807, 2.05) is 48.5 Å². The highest BCUT2D eigenvalue weighted by molar-refractivity contribution is 5.91. The fourth-order valence-electron chi connectivity index (χ4n) is 3.83. The molecule has 3 amide bonds. The molecule has 7 heteroatoms. The number of rotatable bonds is 6. The number of hydrogen-bond acceptors (Lipinski definition) is 4. The van der Waals surface area contributed by atoms with Crippen LogP contribution < -0.4 is 25.4 Å². The number of urea groups is 1. The molecule has 1 heterocycles. The molecule has 4 rings (SSSR count). The van der Waals surface area contributed by atoms with Gasteiger partial charge in [-0.2, -0.15) is 0 Å². The Hall–Kier alpha value is -3.22. The number of ether oxygens (including phenoxy) is 2. The Labute approximate surface area is 169 Å². The van der Waals surface area contributed by atoms with Crippen molar-refractivity contribution in [1.29, 1.82) is 0 Å². The van der Waals surface area contributed by atoms with Crippen LogP contribution in [0.25, 0.3) is 0 Å². The van der Waals surface area contributed by atoms with E-state index in [-0.39, 0.29) is 18.7 Å². The number of fused-ring (bicyclic) bond motifs is 1. The molecule has 1 aliphatic heterocycles. The van der Waals surface area contributed by atoms with Crippen LogP contribution in [0, 0.1) is 0 Å². The molecule has 1 aliphatic carbocycles. The molecule has 1 fully saturated rings. The number of carbonyl (C=O) groups is 2. The van der Waals surface area contributed by atoms with E-state index >= 15 is 0 Å². The lowest BCUT2D eigenvalue weighted by Gasteiger charge is -2.29. The van der Waals surface area contributed by atoms with E-state index in [1.165, 1.54) is 0 Å². The smallest absolute Gasteiger partial charge is 0.315 e. The van der Waals surface area contributed by atoms with E-state index in [9.17, 15) is 9.59 Å². The summed E-state index contributed by atoms with van der Waals surface area (Å²) in [7, 11) is 0. The Kier molecular flexibility index (Phi) is 5.55. The number of benzene rings is 2. The summed E-state index contributed by atoms with van der Waals surface area (Å²) in [5, 5.41) is 8.75. The van der Waals surface area contributed by atoms with Crippen LogP contribution in [0.1, 0.15) is 36.8 Å². The van der Waals surface area contributed by atoms with Crippen LogP contribution in [0.2, 0.25) is 0 Å². The zero-order valence-corrected chi connectivity index (χ0v) is 16.2. The maximum atomic E-state index is 13.0. The average molecular weight is 395 g/mol. The number of carbonyl (C=O) groups excluding carboxylic acids is 2. The third kappa shape index (κ3) is 4.45. The highest BCUT2D eigenvalue weighted by Crippen LogP contribution is 2.33. The van der Waals surface area contributed by atoms with Crippen LogP contribution in [0.5, 0.6) is 11.5 Å². The number of hydrogen-bond donors (Lipinski definition) is 3. The van der Waals surface area contributed by atoms with Crippen LogP contribution >= 0.6 is 0 Å². The third-order valence-electron chi connectivity index (χ3n) is 5.43. The van der Waals surface area contributed by atoms with Gasteiger partial charge in [0, 0.05) is 13.1 Å². The van der Waals surface area contributed by atoms with Crippen molar-refractivity contribution in [3.63, 3.8) is 0 Å². The van der Waals surface area contributed by atoms with Crippen molar-refractivity contribution in [1.82, 2.24) is 16.0 Å². The van der Waals surface area contributed by atoms with Gasteiger partial charge in [-0.3, -0.25) is 4.79 Å². The van der Waals surface area contributed by atoms with E-state index < -0.39 is 5.54 Å². The minimum Gasteiger partial charge on any atom is -0.454 e. The normalized spacial score (nSPS) is 16.3. The molecule has 2 aromatic rings. The van der Waals surface area contributed by atoms with Gasteiger partial charge in [-0.25, -0.2) is 4.79 Å². The molecule has 2 aromatic carbocycles.